The first kappa shape index (κ1) is 15.4. The van der Waals surface area contributed by atoms with Crippen LogP contribution in [0.15, 0.2) is 67.3 Å². The van der Waals surface area contributed by atoms with Gasteiger partial charge in [0, 0.05) is 12.6 Å². The number of nitrogens with zero attached hydrogens (tertiary/aromatic N) is 3. The molecule has 118 valence electrons. The Labute approximate surface area is 135 Å². The van der Waals surface area contributed by atoms with Crippen molar-refractivity contribution in [3.8, 4) is 5.69 Å². The third-order valence-electron chi connectivity index (χ3n) is 3.88. The van der Waals surface area contributed by atoms with Gasteiger partial charge in [-0.15, -0.1) is 0 Å². The van der Waals surface area contributed by atoms with E-state index in [1.165, 1.54) is 6.33 Å². The molecule has 5 heteroatoms. The highest BCUT2D eigenvalue weighted by atomic mass is 16.3. The van der Waals surface area contributed by atoms with Crippen molar-refractivity contribution in [3.05, 3.63) is 78.4 Å². The molecule has 2 N–H and O–H groups in total. The first-order valence-electron chi connectivity index (χ1n) is 7.65. The highest BCUT2D eigenvalue weighted by molar-refractivity contribution is 5.34. The second-order valence-corrected chi connectivity index (χ2v) is 5.49. The molecule has 2 atom stereocenters. The lowest BCUT2D eigenvalue weighted by molar-refractivity contribution is 0.171. The molecule has 0 amide bonds. The van der Waals surface area contributed by atoms with Crippen LogP contribution in [0.1, 0.15) is 30.2 Å². The van der Waals surface area contributed by atoms with Crippen molar-refractivity contribution in [1.82, 2.24) is 20.1 Å². The van der Waals surface area contributed by atoms with Crippen LogP contribution in [-0.4, -0.2) is 26.4 Å². The third kappa shape index (κ3) is 3.83. The van der Waals surface area contributed by atoms with Crippen molar-refractivity contribution in [2.75, 3.05) is 6.54 Å². The van der Waals surface area contributed by atoms with Crippen LogP contribution in [0.5, 0.6) is 0 Å². The lowest BCUT2D eigenvalue weighted by Gasteiger charge is -2.18. The smallest absolute Gasteiger partial charge is 0.138 e. The molecule has 0 fully saturated rings. The number of aliphatic hydroxyl groups excluding tert-OH is 1. The molecule has 0 bridgehead atoms. The highest BCUT2D eigenvalue weighted by Gasteiger charge is 2.10. The van der Waals surface area contributed by atoms with Gasteiger partial charge in [-0.3, -0.25) is 0 Å². The third-order valence-corrected chi connectivity index (χ3v) is 3.88. The summed E-state index contributed by atoms with van der Waals surface area (Å²) in [6.45, 7) is 2.60. The topological polar surface area (TPSA) is 63.0 Å². The fraction of sp³-hybridized carbons (Fsp3) is 0.222. The van der Waals surface area contributed by atoms with E-state index >= 15 is 0 Å². The van der Waals surface area contributed by atoms with Gasteiger partial charge in [-0.05, 0) is 30.2 Å². The average molecular weight is 308 g/mol. The molecule has 0 spiro atoms. The summed E-state index contributed by atoms with van der Waals surface area (Å²) in [4.78, 5) is 3.95. The molecule has 3 rings (SSSR count). The normalized spacial score (nSPS) is 13.7. The summed E-state index contributed by atoms with van der Waals surface area (Å²) in [5, 5.41) is 17.7. The van der Waals surface area contributed by atoms with E-state index in [2.05, 4.69) is 34.5 Å². The predicted octanol–water partition coefficient (Wildman–Crippen LogP) is 2.65. The van der Waals surface area contributed by atoms with Crippen LogP contribution < -0.4 is 5.32 Å². The number of benzene rings is 2. The van der Waals surface area contributed by atoms with Crippen molar-refractivity contribution in [2.24, 2.45) is 0 Å². The largest absolute Gasteiger partial charge is 0.387 e. The second-order valence-electron chi connectivity index (χ2n) is 5.49. The van der Waals surface area contributed by atoms with E-state index in [4.69, 9.17) is 0 Å². The van der Waals surface area contributed by atoms with Crippen molar-refractivity contribution in [2.45, 2.75) is 19.1 Å². The van der Waals surface area contributed by atoms with Crippen molar-refractivity contribution in [3.63, 3.8) is 0 Å². The van der Waals surface area contributed by atoms with Crippen LogP contribution in [0.3, 0.4) is 0 Å². The molecule has 1 heterocycles. The zero-order valence-corrected chi connectivity index (χ0v) is 13.0. The standard InChI is InChI=1S/C18H20N4O/c1-14(20-11-18(23)16-5-3-2-4-6-16)15-7-9-17(10-8-15)22-13-19-12-21-22/h2-10,12-14,18,20,23H,11H2,1H3/t14-,18+/m1/s1. The van der Waals surface area contributed by atoms with Gasteiger partial charge in [-0.2, -0.15) is 5.10 Å². The average Bonchev–Trinajstić information content (AvgIpc) is 3.15. The van der Waals surface area contributed by atoms with Crippen LogP contribution in [0.25, 0.3) is 5.69 Å². The van der Waals surface area contributed by atoms with Crippen molar-refractivity contribution >= 4 is 0 Å². The van der Waals surface area contributed by atoms with Gasteiger partial charge in [0.15, 0.2) is 0 Å². The number of rotatable bonds is 6. The van der Waals surface area contributed by atoms with E-state index in [1.807, 2.05) is 42.5 Å². The van der Waals surface area contributed by atoms with Gasteiger partial charge in [0.05, 0.1) is 11.8 Å². The van der Waals surface area contributed by atoms with Crippen LogP contribution in [0.2, 0.25) is 0 Å². The number of hydrogen-bond acceptors (Lipinski definition) is 4. The molecule has 2 aromatic carbocycles. The minimum absolute atomic E-state index is 0.151. The van der Waals surface area contributed by atoms with Gasteiger partial charge in [0.2, 0.25) is 0 Å². The SMILES string of the molecule is C[C@@H](NC[C@H](O)c1ccccc1)c1ccc(-n2cncn2)cc1. The molecular weight excluding hydrogens is 288 g/mol. The van der Waals surface area contributed by atoms with Crippen LogP contribution in [0, 0.1) is 0 Å². The Balaban J connectivity index is 1.59. The molecular formula is C18H20N4O. The predicted molar refractivity (Wildman–Crippen MR) is 89.2 cm³/mol. The number of nitrogens with one attached hydrogen (secondary N) is 1. The molecule has 0 aliphatic rings. The minimum Gasteiger partial charge on any atom is -0.387 e. The summed E-state index contributed by atoms with van der Waals surface area (Å²) in [5.74, 6) is 0. The Hall–Kier alpha value is -2.50. The van der Waals surface area contributed by atoms with Gasteiger partial charge in [-0.1, -0.05) is 42.5 Å². The summed E-state index contributed by atoms with van der Waals surface area (Å²) in [6.07, 6.45) is 2.68. The maximum Gasteiger partial charge on any atom is 0.138 e. The summed E-state index contributed by atoms with van der Waals surface area (Å²) >= 11 is 0. The van der Waals surface area contributed by atoms with E-state index in [9.17, 15) is 5.11 Å². The molecule has 0 saturated carbocycles. The fourth-order valence-corrected chi connectivity index (χ4v) is 2.46. The molecule has 3 aromatic rings. The van der Waals surface area contributed by atoms with Gasteiger partial charge in [-0.25, -0.2) is 9.67 Å². The number of aromatic nitrogens is 3. The summed E-state index contributed by atoms with van der Waals surface area (Å²) in [7, 11) is 0. The first-order chi connectivity index (χ1) is 11.2. The van der Waals surface area contributed by atoms with Crippen LogP contribution in [0.4, 0.5) is 0 Å². The molecule has 0 radical (unpaired) electrons. The van der Waals surface area contributed by atoms with Gasteiger partial charge in [0.25, 0.3) is 0 Å². The highest BCUT2D eigenvalue weighted by Crippen LogP contribution is 2.17. The Morgan fingerprint density at radius 3 is 2.43 bits per heavy atom. The van der Waals surface area contributed by atoms with E-state index < -0.39 is 6.10 Å². The lowest BCUT2D eigenvalue weighted by atomic mass is 10.1. The molecule has 0 aliphatic carbocycles. The maximum atomic E-state index is 10.2. The lowest BCUT2D eigenvalue weighted by Crippen LogP contribution is -2.24. The minimum atomic E-state index is -0.506. The summed E-state index contributed by atoms with van der Waals surface area (Å²) in [6, 6.07) is 18.0. The number of hydrogen-bond donors (Lipinski definition) is 2. The Kier molecular flexibility index (Phi) is 4.80. The molecule has 5 nitrogen and oxygen atoms in total. The Bertz CT molecular complexity index is 711. The maximum absolute atomic E-state index is 10.2. The molecule has 23 heavy (non-hydrogen) atoms. The molecule has 0 unspecified atom stereocenters. The van der Waals surface area contributed by atoms with Gasteiger partial charge >= 0.3 is 0 Å². The Morgan fingerprint density at radius 1 is 1.04 bits per heavy atom. The summed E-state index contributed by atoms with van der Waals surface area (Å²) < 4.78 is 1.72. The van der Waals surface area contributed by atoms with Gasteiger partial charge in [0.1, 0.15) is 12.7 Å². The van der Waals surface area contributed by atoms with Crippen LogP contribution in [-0.2, 0) is 0 Å². The van der Waals surface area contributed by atoms with Crippen molar-refractivity contribution in [1.29, 1.82) is 0 Å². The second kappa shape index (κ2) is 7.17. The monoisotopic (exact) mass is 308 g/mol. The van der Waals surface area contributed by atoms with E-state index in [-0.39, 0.29) is 6.04 Å². The zero-order chi connectivity index (χ0) is 16.1. The van der Waals surface area contributed by atoms with E-state index in [1.54, 1.807) is 11.0 Å². The zero-order valence-electron chi connectivity index (χ0n) is 13.0. The van der Waals surface area contributed by atoms with Crippen molar-refractivity contribution < 1.29 is 5.11 Å². The number of aliphatic hydroxyl groups is 1. The molecule has 0 saturated heterocycles. The quantitative estimate of drug-likeness (QED) is 0.735. The molecule has 1 aromatic heterocycles. The van der Waals surface area contributed by atoms with Gasteiger partial charge < -0.3 is 10.4 Å². The summed E-state index contributed by atoms with van der Waals surface area (Å²) in [5.41, 5.74) is 3.06. The first-order valence-corrected chi connectivity index (χ1v) is 7.65. The molecule has 0 aliphatic heterocycles. The van der Waals surface area contributed by atoms with E-state index in [0.29, 0.717) is 6.54 Å². The van der Waals surface area contributed by atoms with E-state index in [0.717, 1.165) is 16.8 Å². The van der Waals surface area contributed by atoms with Crippen LogP contribution >= 0.6 is 0 Å². The Morgan fingerprint density at radius 2 is 1.78 bits per heavy atom. The fourth-order valence-electron chi connectivity index (χ4n) is 2.46.